The number of nitrogens with zero attached hydrogens (tertiary/aromatic N) is 5. The van der Waals surface area contributed by atoms with Crippen LogP contribution < -0.4 is 0 Å². The Kier molecular flexibility index (Phi) is 6.28. The van der Waals surface area contributed by atoms with Crippen LogP contribution in [0.15, 0.2) is 30.7 Å². The number of carbonyl (C=O) groups excluding carboxylic acids is 1. The molecule has 0 atom stereocenters. The molecule has 0 unspecified atom stereocenters. The van der Waals surface area contributed by atoms with Crippen molar-refractivity contribution in [3.8, 4) is 11.3 Å². The molecule has 0 saturated carbocycles. The summed E-state index contributed by atoms with van der Waals surface area (Å²) in [5.74, 6) is 0.368. The van der Waals surface area contributed by atoms with Crippen LogP contribution in [0.5, 0.6) is 0 Å². The summed E-state index contributed by atoms with van der Waals surface area (Å²) in [6.45, 7) is 4.55. The predicted octanol–water partition coefficient (Wildman–Crippen LogP) is 3.55. The third-order valence-corrected chi connectivity index (χ3v) is 6.85. The minimum Gasteiger partial charge on any atom is -0.381 e. The Morgan fingerprint density at radius 1 is 1.03 bits per heavy atom. The van der Waals surface area contributed by atoms with E-state index in [1.54, 1.807) is 0 Å². The van der Waals surface area contributed by atoms with Crippen LogP contribution in [0.1, 0.15) is 43.5 Å². The van der Waals surface area contributed by atoms with E-state index in [2.05, 4.69) is 21.0 Å². The quantitative estimate of drug-likeness (QED) is 0.592. The highest BCUT2D eigenvalue weighted by Gasteiger charge is 2.22. The number of ether oxygens (including phenoxy) is 1. The summed E-state index contributed by atoms with van der Waals surface area (Å²) in [6, 6.07) is 4.15. The maximum absolute atomic E-state index is 12.7. The smallest absolute Gasteiger partial charge is 0.142 e. The topological polar surface area (TPSA) is 73.1 Å². The molecule has 3 aromatic rings. The number of fused-ring (bicyclic) bond motifs is 1. The Hall–Kier alpha value is -2.64. The van der Waals surface area contributed by atoms with Gasteiger partial charge in [-0.2, -0.15) is 5.10 Å². The Morgan fingerprint density at radius 3 is 2.62 bits per heavy atom. The molecule has 2 fully saturated rings. The van der Waals surface area contributed by atoms with Gasteiger partial charge in [-0.1, -0.05) is 6.42 Å². The van der Waals surface area contributed by atoms with Crippen molar-refractivity contribution < 1.29 is 9.53 Å². The first-order valence-electron chi connectivity index (χ1n) is 11.8. The first-order chi connectivity index (χ1) is 15.7. The van der Waals surface area contributed by atoms with E-state index in [1.807, 2.05) is 36.4 Å². The maximum Gasteiger partial charge on any atom is 0.142 e. The van der Waals surface area contributed by atoms with Gasteiger partial charge in [-0.3, -0.25) is 24.3 Å². The summed E-state index contributed by atoms with van der Waals surface area (Å²) in [5.41, 5.74) is 4.02. The van der Waals surface area contributed by atoms with E-state index in [9.17, 15) is 4.79 Å². The van der Waals surface area contributed by atoms with Crippen LogP contribution in [0.4, 0.5) is 0 Å². The van der Waals surface area contributed by atoms with Crippen molar-refractivity contribution in [1.29, 1.82) is 0 Å². The molecule has 0 N–H and O–H groups in total. The van der Waals surface area contributed by atoms with Crippen LogP contribution in [-0.4, -0.2) is 56.7 Å². The van der Waals surface area contributed by atoms with E-state index in [0.29, 0.717) is 19.6 Å². The van der Waals surface area contributed by atoms with Gasteiger partial charge in [0, 0.05) is 68.2 Å². The second-order valence-electron chi connectivity index (χ2n) is 9.09. The predicted molar refractivity (Wildman–Crippen MR) is 123 cm³/mol. The molecule has 7 nitrogen and oxygen atoms in total. The zero-order valence-electron chi connectivity index (χ0n) is 18.8. The first kappa shape index (κ1) is 21.2. The number of hydrogen-bond acceptors (Lipinski definition) is 6. The van der Waals surface area contributed by atoms with Crippen molar-refractivity contribution in [2.24, 2.45) is 13.0 Å². The molecule has 5 rings (SSSR count). The minimum absolute atomic E-state index is 0.0991. The number of ketones is 1. The molecule has 7 heteroatoms. The number of carbonyl (C=O) groups is 1. The summed E-state index contributed by atoms with van der Waals surface area (Å²) in [6.07, 6.45) is 11.5. The molecule has 0 aliphatic carbocycles. The monoisotopic (exact) mass is 433 g/mol. The molecule has 0 radical (unpaired) electrons. The molecule has 0 amide bonds. The second kappa shape index (κ2) is 9.46. The summed E-state index contributed by atoms with van der Waals surface area (Å²) < 4.78 is 7.36. The molecule has 0 spiro atoms. The fraction of sp³-hybridized carbons (Fsp3) is 0.520. The number of piperidine rings is 1. The number of aromatic nitrogens is 4. The van der Waals surface area contributed by atoms with Gasteiger partial charge in [-0.05, 0) is 56.3 Å². The van der Waals surface area contributed by atoms with Gasteiger partial charge in [0.15, 0.2) is 0 Å². The molecule has 3 aromatic heterocycles. The fourth-order valence-electron chi connectivity index (χ4n) is 4.86. The van der Waals surface area contributed by atoms with Gasteiger partial charge < -0.3 is 4.74 Å². The van der Waals surface area contributed by atoms with Crippen LogP contribution in [0.3, 0.4) is 0 Å². The molecule has 5 heterocycles. The first-order valence-corrected chi connectivity index (χ1v) is 11.8. The number of likely N-dealkylation sites (tertiary alicyclic amines) is 1. The normalized spacial score (nSPS) is 18.3. The fourth-order valence-corrected chi connectivity index (χ4v) is 4.86. The Labute approximate surface area is 188 Å². The lowest BCUT2D eigenvalue weighted by Crippen LogP contribution is -2.30. The van der Waals surface area contributed by atoms with Crippen molar-refractivity contribution in [3.05, 3.63) is 42.1 Å². The van der Waals surface area contributed by atoms with Gasteiger partial charge in [0.25, 0.3) is 0 Å². The third kappa shape index (κ3) is 4.59. The number of hydrogen-bond donors (Lipinski definition) is 0. The number of pyridine rings is 2. The van der Waals surface area contributed by atoms with Crippen LogP contribution in [0, 0.1) is 5.92 Å². The standard InChI is InChI=1S/C25H31N5O2/c1-29-24(17-30-7-3-2-4-8-30)22(16-28-29)23-12-19-11-21(26-14-20(19)15-27-23)13-25(31)18-5-9-32-10-6-18/h11-12,14-16,18H,2-10,13,17H2,1H3. The van der Waals surface area contributed by atoms with Crippen molar-refractivity contribution in [3.63, 3.8) is 0 Å². The summed E-state index contributed by atoms with van der Waals surface area (Å²) in [7, 11) is 2.01. The molecule has 0 aromatic carbocycles. The summed E-state index contributed by atoms with van der Waals surface area (Å²) >= 11 is 0. The molecular formula is C25H31N5O2. The van der Waals surface area contributed by atoms with E-state index in [1.165, 1.54) is 25.0 Å². The third-order valence-electron chi connectivity index (χ3n) is 6.85. The van der Waals surface area contributed by atoms with Gasteiger partial charge >= 0.3 is 0 Å². The lowest BCUT2D eigenvalue weighted by molar-refractivity contribution is -0.125. The van der Waals surface area contributed by atoms with Crippen molar-refractivity contribution in [2.75, 3.05) is 26.3 Å². The largest absolute Gasteiger partial charge is 0.381 e. The molecule has 0 bridgehead atoms. The van der Waals surface area contributed by atoms with Gasteiger partial charge in [0.1, 0.15) is 5.78 Å². The maximum atomic E-state index is 12.7. The SMILES string of the molecule is Cn1ncc(-c2cc3cc(CC(=O)C4CCOCC4)ncc3cn2)c1CN1CCCCC1. The van der Waals surface area contributed by atoms with Crippen LogP contribution in [-0.2, 0) is 29.5 Å². The second-order valence-corrected chi connectivity index (χ2v) is 9.09. The van der Waals surface area contributed by atoms with Crippen LogP contribution in [0.2, 0.25) is 0 Å². The van der Waals surface area contributed by atoms with Crippen LogP contribution in [0.25, 0.3) is 22.0 Å². The van der Waals surface area contributed by atoms with Crippen molar-refractivity contribution in [1.82, 2.24) is 24.6 Å². The minimum atomic E-state index is 0.0991. The highest BCUT2D eigenvalue weighted by atomic mass is 16.5. The molecule has 32 heavy (non-hydrogen) atoms. The van der Waals surface area contributed by atoms with E-state index < -0.39 is 0 Å². The molecule has 168 valence electrons. The van der Waals surface area contributed by atoms with Gasteiger partial charge in [-0.25, -0.2) is 0 Å². The number of aryl methyl sites for hydroxylation is 1. The zero-order valence-corrected chi connectivity index (χ0v) is 18.8. The number of Topliss-reactive ketones (excluding diaryl/α,β-unsaturated/α-hetero) is 1. The van der Waals surface area contributed by atoms with Crippen LogP contribution >= 0.6 is 0 Å². The van der Waals surface area contributed by atoms with Gasteiger partial charge in [0.05, 0.1) is 17.6 Å². The zero-order chi connectivity index (χ0) is 21.9. The van der Waals surface area contributed by atoms with Crippen molar-refractivity contribution >= 4 is 16.6 Å². The summed E-state index contributed by atoms with van der Waals surface area (Å²) in [4.78, 5) is 24.5. The van der Waals surface area contributed by atoms with E-state index >= 15 is 0 Å². The lowest BCUT2D eigenvalue weighted by Gasteiger charge is -2.26. The molecule has 2 aliphatic rings. The Bertz CT molecular complexity index is 1100. The Balaban J connectivity index is 1.39. The number of rotatable bonds is 6. The van der Waals surface area contributed by atoms with Gasteiger partial charge in [-0.15, -0.1) is 0 Å². The van der Waals surface area contributed by atoms with Gasteiger partial charge in [0.2, 0.25) is 0 Å². The van der Waals surface area contributed by atoms with E-state index in [-0.39, 0.29) is 11.7 Å². The molecule has 2 saturated heterocycles. The molecule has 2 aliphatic heterocycles. The van der Waals surface area contributed by atoms with E-state index in [4.69, 9.17) is 9.72 Å². The average Bonchev–Trinajstić information content (AvgIpc) is 3.19. The summed E-state index contributed by atoms with van der Waals surface area (Å²) in [5, 5.41) is 6.58. The average molecular weight is 434 g/mol. The highest BCUT2D eigenvalue weighted by Crippen LogP contribution is 2.27. The highest BCUT2D eigenvalue weighted by molar-refractivity contribution is 5.87. The molecular weight excluding hydrogens is 402 g/mol. The van der Waals surface area contributed by atoms with Crippen molar-refractivity contribution in [2.45, 2.75) is 45.1 Å². The van der Waals surface area contributed by atoms with E-state index in [0.717, 1.165) is 60.2 Å². The Morgan fingerprint density at radius 2 is 1.81 bits per heavy atom. The lowest BCUT2D eigenvalue weighted by atomic mass is 9.92.